The lowest BCUT2D eigenvalue weighted by Crippen LogP contribution is -2.31. The van der Waals surface area contributed by atoms with Crippen LogP contribution < -0.4 is 10.2 Å². The first-order chi connectivity index (χ1) is 8.54. The summed E-state index contributed by atoms with van der Waals surface area (Å²) in [6.45, 7) is 14.2. The van der Waals surface area contributed by atoms with E-state index in [1.807, 2.05) is 17.5 Å². The van der Waals surface area contributed by atoms with Crippen LogP contribution in [0, 0.1) is 5.92 Å². The average Bonchev–Trinajstić information content (AvgIpc) is 2.73. The molecule has 3 nitrogen and oxygen atoms in total. The maximum Gasteiger partial charge on any atom is 0.185 e. The second-order valence-electron chi connectivity index (χ2n) is 5.42. The molecule has 0 atom stereocenters. The van der Waals surface area contributed by atoms with Crippen molar-refractivity contribution in [3.63, 3.8) is 0 Å². The normalized spacial score (nSPS) is 11.5. The van der Waals surface area contributed by atoms with Crippen LogP contribution in [0.1, 0.15) is 45.9 Å². The van der Waals surface area contributed by atoms with Gasteiger partial charge in [0.1, 0.15) is 0 Å². The molecule has 0 aromatic carbocycles. The molecule has 0 radical (unpaired) electrons. The number of nitrogens with one attached hydrogen (secondary N) is 1. The Morgan fingerprint density at radius 1 is 1.33 bits per heavy atom. The van der Waals surface area contributed by atoms with Crippen molar-refractivity contribution in [3.8, 4) is 0 Å². The molecule has 4 heteroatoms. The number of hydrogen-bond acceptors (Lipinski definition) is 4. The zero-order valence-corrected chi connectivity index (χ0v) is 13.2. The van der Waals surface area contributed by atoms with Gasteiger partial charge in [-0.1, -0.05) is 20.8 Å². The number of anilines is 1. The first kappa shape index (κ1) is 15.4. The first-order valence-electron chi connectivity index (χ1n) is 6.96. The van der Waals surface area contributed by atoms with E-state index in [1.165, 1.54) is 11.3 Å². The van der Waals surface area contributed by atoms with Gasteiger partial charge in [0.05, 0.1) is 0 Å². The summed E-state index contributed by atoms with van der Waals surface area (Å²) >= 11 is 1.81. The monoisotopic (exact) mass is 269 g/mol. The third-order valence-electron chi connectivity index (χ3n) is 2.73. The summed E-state index contributed by atoms with van der Waals surface area (Å²) in [7, 11) is 0. The lowest BCUT2D eigenvalue weighted by atomic mass is 10.2. The largest absolute Gasteiger partial charge is 0.346 e. The van der Waals surface area contributed by atoms with Crippen molar-refractivity contribution < 1.29 is 0 Å². The van der Waals surface area contributed by atoms with E-state index in [0.717, 1.165) is 24.8 Å². The quantitative estimate of drug-likeness (QED) is 0.783. The summed E-state index contributed by atoms with van der Waals surface area (Å²) in [5.41, 5.74) is 0. The van der Waals surface area contributed by atoms with E-state index in [1.54, 1.807) is 0 Å². The van der Waals surface area contributed by atoms with Crippen LogP contribution in [-0.4, -0.2) is 24.1 Å². The van der Waals surface area contributed by atoms with Gasteiger partial charge in [0.2, 0.25) is 0 Å². The molecule has 0 fully saturated rings. The predicted molar refractivity (Wildman–Crippen MR) is 81.4 cm³/mol. The standard InChI is InChI=1S/C14H27N3S/c1-6-7-17(12(4)5)14-16-10-13(18-14)9-15-8-11(2)3/h10-12,15H,6-9H2,1-5H3. The van der Waals surface area contributed by atoms with Crippen LogP contribution in [0.5, 0.6) is 0 Å². The Kier molecular flexibility index (Phi) is 6.65. The van der Waals surface area contributed by atoms with E-state index in [-0.39, 0.29) is 0 Å². The van der Waals surface area contributed by atoms with Gasteiger partial charge in [-0.25, -0.2) is 4.98 Å². The number of aromatic nitrogens is 1. The summed E-state index contributed by atoms with van der Waals surface area (Å²) in [5.74, 6) is 0.699. The molecule has 18 heavy (non-hydrogen) atoms. The van der Waals surface area contributed by atoms with E-state index in [4.69, 9.17) is 0 Å². The van der Waals surface area contributed by atoms with Crippen molar-refractivity contribution in [1.29, 1.82) is 0 Å². The minimum atomic E-state index is 0.521. The van der Waals surface area contributed by atoms with E-state index >= 15 is 0 Å². The van der Waals surface area contributed by atoms with Crippen molar-refractivity contribution in [2.75, 3.05) is 18.0 Å². The third kappa shape index (κ3) is 4.94. The van der Waals surface area contributed by atoms with Gasteiger partial charge in [0.15, 0.2) is 5.13 Å². The lowest BCUT2D eigenvalue weighted by molar-refractivity contribution is 0.554. The molecule has 1 heterocycles. The van der Waals surface area contributed by atoms with Crippen LogP contribution in [-0.2, 0) is 6.54 Å². The Balaban J connectivity index is 2.55. The molecular weight excluding hydrogens is 242 g/mol. The van der Waals surface area contributed by atoms with E-state index < -0.39 is 0 Å². The van der Waals surface area contributed by atoms with Gasteiger partial charge in [-0.05, 0) is 32.7 Å². The van der Waals surface area contributed by atoms with E-state index in [9.17, 15) is 0 Å². The number of rotatable bonds is 8. The Morgan fingerprint density at radius 3 is 2.61 bits per heavy atom. The van der Waals surface area contributed by atoms with Crippen molar-refractivity contribution in [2.24, 2.45) is 5.92 Å². The van der Waals surface area contributed by atoms with Gasteiger partial charge < -0.3 is 10.2 Å². The van der Waals surface area contributed by atoms with Gasteiger partial charge in [0, 0.05) is 30.2 Å². The zero-order valence-electron chi connectivity index (χ0n) is 12.4. The molecule has 0 aliphatic heterocycles. The van der Waals surface area contributed by atoms with Crippen LogP contribution in [0.25, 0.3) is 0 Å². The molecule has 0 amide bonds. The minimum Gasteiger partial charge on any atom is -0.346 e. The maximum absolute atomic E-state index is 4.56. The molecule has 0 aliphatic carbocycles. The molecular formula is C14H27N3S. The molecule has 0 bridgehead atoms. The smallest absolute Gasteiger partial charge is 0.185 e. The highest BCUT2D eigenvalue weighted by Crippen LogP contribution is 2.24. The molecule has 0 saturated heterocycles. The highest BCUT2D eigenvalue weighted by atomic mass is 32.1. The van der Waals surface area contributed by atoms with Crippen LogP contribution in [0.2, 0.25) is 0 Å². The van der Waals surface area contributed by atoms with Gasteiger partial charge in [-0.3, -0.25) is 0 Å². The van der Waals surface area contributed by atoms with Crippen LogP contribution in [0.4, 0.5) is 5.13 Å². The molecule has 0 spiro atoms. The fraction of sp³-hybridized carbons (Fsp3) is 0.786. The molecule has 0 aliphatic rings. The van der Waals surface area contributed by atoms with Crippen LogP contribution in [0.15, 0.2) is 6.20 Å². The Hall–Kier alpha value is -0.610. The molecule has 1 aromatic heterocycles. The van der Waals surface area contributed by atoms with Gasteiger partial charge in [-0.2, -0.15) is 0 Å². The highest BCUT2D eigenvalue weighted by molar-refractivity contribution is 7.15. The Morgan fingerprint density at radius 2 is 2.06 bits per heavy atom. The molecule has 1 rings (SSSR count). The van der Waals surface area contributed by atoms with E-state index in [2.05, 4.69) is 49.8 Å². The van der Waals surface area contributed by atoms with Crippen molar-refractivity contribution >= 4 is 16.5 Å². The van der Waals surface area contributed by atoms with E-state index in [0.29, 0.717) is 12.0 Å². The fourth-order valence-corrected chi connectivity index (χ4v) is 2.85. The third-order valence-corrected chi connectivity index (χ3v) is 3.76. The molecule has 0 saturated carbocycles. The number of thiazole rings is 1. The Bertz CT molecular complexity index is 334. The Labute approximate surface area is 116 Å². The predicted octanol–water partition coefficient (Wildman–Crippen LogP) is 3.51. The van der Waals surface area contributed by atoms with Gasteiger partial charge in [-0.15, -0.1) is 11.3 Å². The van der Waals surface area contributed by atoms with Crippen LogP contribution >= 0.6 is 11.3 Å². The number of hydrogen-bond donors (Lipinski definition) is 1. The van der Waals surface area contributed by atoms with Crippen molar-refractivity contribution in [3.05, 3.63) is 11.1 Å². The lowest BCUT2D eigenvalue weighted by Gasteiger charge is -2.25. The highest BCUT2D eigenvalue weighted by Gasteiger charge is 2.13. The zero-order chi connectivity index (χ0) is 13.5. The van der Waals surface area contributed by atoms with Crippen LogP contribution in [0.3, 0.4) is 0 Å². The second kappa shape index (κ2) is 7.74. The summed E-state index contributed by atoms with van der Waals surface area (Å²) in [4.78, 5) is 8.27. The van der Waals surface area contributed by atoms with Crippen molar-refractivity contribution in [2.45, 2.75) is 53.6 Å². The summed E-state index contributed by atoms with van der Waals surface area (Å²) in [5, 5.41) is 4.63. The first-order valence-corrected chi connectivity index (χ1v) is 7.78. The summed E-state index contributed by atoms with van der Waals surface area (Å²) in [6, 6.07) is 0.521. The molecule has 1 aromatic rings. The second-order valence-corrected chi connectivity index (χ2v) is 6.51. The maximum atomic E-state index is 4.56. The summed E-state index contributed by atoms with van der Waals surface area (Å²) in [6.07, 6.45) is 3.18. The van der Waals surface area contributed by atoms with Gasteiger partial charge >= 0.3 is 0 Å². The number of nitrogens with zero attached hydrogens (tertiary/aromatic N) is 2. The topological polar surface area (TPSA) is 28.2 Å². The van der Waals surface area contributed by atoms with Crippen molar-refractivity contribution in [1.82, 2.24) is 10.3 Å². The molecule has 1 N–H and O–H groups in total. The average molecular weight is 269 g/mol. The molecule has 104 valence electrons. The summed E-state index contributed by atoms with van der Waals surface area (Å²) < 4.78 is 0. The molecule has 0 unspecified atom stereocenters. The SMILES string of the molecule is CCCN(c1ncc(CNCC(C)C)s1)C(C)C. The fourth-order valence-electron chi connectivity index (χ4n) is 1.81. The minimum absolute atomic E-state index is 0.521. The van der Waals surface area contributed by atoms with Gasteiger partial charge in [0.25, 0.3) is 0 Å².